The molecule has 0 unspecified atom stereocenters. The Morgan fingerprint density at radius 3 is 2.88 bits per heavy atom. The third-order valence-corrected chi connectivity index (χ3v) is 4.80. The van der Waals surface area contributed by atoms with E-state index in [1.165, 1.54) is 6.07 Å². The van der Waals surface area contributed by atoms with Crippen LogP contribution in [0.25, 0.3) is 0 Å². The maximum atomic E-state index is 13.3. The van der Waals surface area contributed by atoms with Crippen LogP contribution in [0.2, 0.25) is 0 Å². The molecule has 3 atom stereocenters. The molecule has 0 saturated carbocycles. The van der Waals surface area contributed by atoms with E-state index in [2.05, 4.69) is 10.6 Å². The van der Waals surface area contributed by atoms with Gasteiger partial charge in [-0.05, 0) is 37.8 Å². The molecule has 2 amide bonds. The highest BCUT2D eigenvalue weighted by molar-refractivity contribution is 5.74. The van der Waals surface area contributed by atoms with Crippen molar-refractivity contribution in [3.8, 4) is 0 Å². The van der Waals surface area contributed by atoms with Crippen molar-refractivity contribution in [3.63, 3.8) is 0 Å². The zero-order chi connectivity index (χ0) is 17.1. The first-order valence-electron chi connectivity index (χ1n) is 8.39. The minimum atomic E-state index is -0.835. The van der Waals surface area contributed by atoms with Crippen molar-refractivity contribution < 1.29 is 18.3 Å². The molecule has 2 aliphatic heterocycles. The van der Waals surface area contributed by atoms with Crippen LogP contribution in [0.15, 0.2) is 18.2 Å². The molecule has 2 aliphatic rings. The van der Waals surface area contributed by atoms with Crippen LogP contribution in [0.1, 0.15) is 19.8 Å². The third kappa shape index (κ3) is 3.95. The minimum Gasteiger partial charge on any atom is -0.376 e. The first-order valence-corrected chi connectivity index (χ1v) is 8.39. The van der Waals surface area contributed by atoms with E-state index in [4.69, 9.17) is 4.74 Å². The fourth-order valence-corrected chi connectivity index (χ4v) is 3.29. The topological polar surface area (TPSA) is 53.6 Å². The van der Waals surface area contributed by atoms with E-state index in [1.54, 1.807) is 6.07 Å². The van der Waals surface area contributed by atoms with Gasteiger partial charge in [0.15, 0.2) is 11.6 Å². The van der Waals surface area contributed by atoms with Crippen LogP contribution in [0.5, 0.6) is 0 Å². The number of hydrogen-bond acceptors (Lipinski definition) is 3. The lowest BCUT2D eigenvalue weighted by atomic mass is 10.1. The maximum absolute atomic E-state index is 13.3. The van der Waals surface area contributed by atoms with Crippen molar-refractivity contribution in [1.29, 1.82) is 0 Å². The van der Waals surface area contributed by atoms with Gasteiger partial charge in [-0.15, -0.1) is 0 Å². The fourth-order valence-electron chi connectivity index (χ4n) is 3.29. The molecule has 0 radical (unpaired) electrons. The van der Waals surface area contributed by atoms with Crippen molar-refractivity contribution in [2.45, 2.75) is 31.9 Å². The number of benzene rings is 1. The van der Waals surface area contributed by atoms with Crippen LogP contribution < -0.4 is 15.5 Å². The van der Waals surface area contributed by atoms with Gasteiger partial charge in [0, 0.05) is 38.0 Å². The smallest absolute Gasteiger partial charge is 0.315 e. The Hall–Kier alpha value is -1.89. The molecule has 0 aromatic heterocycles. The van der Waals surface area contributed by atoms with Crippen molar-refractivity contribution in [1.82, 2.24) is 10.6 Å². The van der Waals surface area contributed by atoms with Gasteiger partial charge in [0.1, 0.15) is 0 Å². The molecule has 2 fully saturated rings. The second kappa shape index (κ2) is 7.34. The molecule has 2 saturated heterocycles. The minimum absolute atomic E-state index is 0.0473. The molecule has 1 aromatic carbocycles. The summed E-state index contributed by atoms with van der Waals surface area (Å²) >= 11 is 0. The quantitative estimate of drug-likeness (QED) is 0.885. The summed E-state index contributed by atoms with van der Waals surface area (Å²) in [4.78, 5) is 14.0. The molecule has 24 heavy (non-hydrogen) atoms. The largest absolute Gasteiger partial charge is 0.376 e. The lowest BCUT2D eigenvalue weighted by Crippen LogP contribution is -2.46. The van der Waals surface area contributed by atoms with Crippen LogP contribution in [0.4, 0.5) is 19.3 Å². The Morgan fingerprint density at radius 1 is 1.33 bits per heavy atom. The van der Waals surface area contributed by atoms with Gasteiger partial charge in [0.2, 0.25) is 0 Å². The Balaban J connectivity index is 1.44. The summed E-state index contributed by atoms with van der Waals surface area (Å²) in [6.45, 7) is 4.68. The highest BCUT2D eigenvalue weighted by Gasteiger charge is 2.27. The maximum Gasteiger partial charge on any atom is 0.315 e. The molecular weight excluding hydrogens is 316 g/mol. The number of carbonyl (C=O) groups is 1. The van der Waals surface area contributed by atoms with Gasteiger partial charge in [-0.3, -0.25) is 0 Å². The third-order valence-electron chi connectivity index (χ3n) is 4.80. The van der Waals surface area contributed by atoms with Gasteiger partial charge in [0.05, 0.1) is 12.1 Å². The monoisotopic (exact) mass is 339 g/mol. The molecule has 1 aromatic rings. The average Bonchev–Trinajstić information content (AvgIpc) is 3.18. The zero-order valence-electron chi connectivity index (χ0n) is 13.7. The highest BCUT2D eigenvalue weighted by atomic mass is 19.2. The van der Waals surface area contributed by atoms with Crippen LogP contribution in [0, 0.1) is 17.6 Å². The highest BCUT2D eigenvalue weighted by Crippen LogP contribution is 2.25. The van der Waals surface area contributed by atoms with Gasteiger partial charge in [-0.1, -0.05) is 0 Å². The average molecular weight is 339 g/mol. The number of nitrogens with one attached hydrogen (secondary N) is 2. The normalized spacial score (nSPS) is 26.6. The number of amides is 2. The summed E-state index contributed by atoms with van der Waals surface area (Å²) in [7, 11) is 0. The number of hydrogen-bond donors (Lipinski definition) is 2. The van der Waals surface area contributed by atoms with E-state index in [1.807, 2.05) is 11.8 Å². The standard InChI is InChI=1S/C17H23F2N3O2/c1-11-16(5-7-24-11)21-17(23)20-9-12-4-6-22(10-12)13-2-3-14(18)15(19)8-13/h2-3,8,11-12,16H,4-7,9-10H2,1H3,(H2,20,21,23)/t11-,12-,16-/m0/s1. The second-order valence-corrected chi connectivity index (χ2v) is 6.52. The van der Waals surface area contributed by atoms with E-state index in [0.29, 0.717) is 31.3 Å². The van der Waals surface area contributed by atoms with Gasteiger partial charge in [-0.2, -0.15) is 0 Å². The van der Waals surface area contributed by atoms with E-state index < -0.39 is 11.6 Å². The van der Waals surface area contributed by atoms with Crippen LogP contribution >= 0.6 is 0 Å². The number of nitrogens with zero attached hydrogens (tertiary/aromatic N) is 1. The molecular formula is C17H23F2N3O2. The first-order chi connectivity index (χ1) is 11.5. The molecule has 132 valence electrons. The number of urea groups is 1. The second-order valence-electron chi connectivity index (χ2n) is 6.52. The van der Waals surface area contributed by atoms with Gasteiger partial charge < -0.3 is 20.3 Å². The van der Waals surface area contributed by atoms with Gasteiger partial charge in [-0.25, -0.2) is 13.6 Å². The van der Waals surface area contributed by atoms with E-state index in [9.17, 15) is 13.6 Å². The van der Waals surface area contributed by atoms with E-state index >= 15 is 0 Å². The molecule has 0 aliphatic carbocycles. The molecule has 0 spiro atoms. The Morgan fingerprint density at radius 2 is 2.17 bits per heavy atom. The van der Waals surface area contributed by atoms with Crippen LogP contribution in [-0.2, 0) is 4.74 Å². The molecule has 3 rings (SSSR count). The van der Waals surface area contributed by atoms with Crippen molar-refractivity contribution in [2.75, 3.05) is 31.1 Å². The molecule has 2 heterocycles. The summed E-state index contributed by atoms with van der Waals surface area (Å²) in [5.41, 5.74) is 0.679. The molecule has 5 nitrogen and oxygen atoms in total. The zero-order valence-corrected chi connectivity index (χ0v) is 13.7. The molecule has 0 bridgehead atoms. The molecule has 7 heteroatoms. The van der Waals surface area contributed by atoms with E-state index in [0.717, 1.165) is 25.5 Å². The summed E-state index contributed by atoms with van der Waals surface area (Å²) in [5, 5.41) is 5.83. The summed E-state index contributed by atoms with van der Waals surface area (Å²) in [6.07, 6.45) is 1.79. The Kier molecular flexibility index (Phi) is 5.18. The van der Waals surface area contributed by atoms with Crippen molar-refractivity contribution in [3.05, 3.63) is 29.8 Å². The summed E-state index contributed by atoms with van der Waals surface area (Å²) in [5.74, 6) is -1.37. The number of rotatable bonds is 4. The number of anilines is 1. The lowest BCUT2D eigenvalue weighted by Gasteiger charge is -2.20. The SMILES string of the molecule is C[C@@H]1OCC[C@@H]1NC(=O)NC[C@@H]1CCN(c2ccc(F)c(F)c2)C1. The Labute approximate surface area is 140 Å². The molecule has 2 N–H and O–H groups in total. The van der Waals surface area contributed by atoms with Crippen molar-refractivity contribution >= 4 is 11.7 Å². The van der Waals surface area contributed by atoms with E-state index in [-0.39, 0.29) is 18.2 Å². The number of carbonyl (C=O) groups excluding carboxylic acids is 1. The van der Waals surface area contributed by atoms with Crippen molar-refractivity contribution in [2.24, 2.45) is 5.92 Å². The number of halogens is 2. The van der Waals surface area contributed by atoms with Gasteiger partial charge >= 0.3 is 6.03 Å². The van der Waals surface area contributed by atoms with Crippen LogP contribution in [0.3, 0.4) is 0 Å². The Bertz CT molecular complexity index is 599. The summed E-state index contributed by atoms with van der Waals surface area (Å²) < 4.78 is 31.8. The predicted molar refractivity (Wildman–Crippen MR) is 87.0 cm³/mol. The summed E-state index contributed by atoms with van der Waals surface area (Å²) in [6, 6.07) is 3.84. The first kappa shape index (κ1) is 17.0. The van der Waals surface area contributed by atoms with Gasteiger partial charge in [0.25, 0.3) is 0 Å². The lowest BCUT2D eigenvalue weighted by molar-refractivity contribution is 0.114. The fraction of sp³-hybridized carbons (Fsp3) is 0.588. The van der Waals surface area contributed by atoms with Crippen LogP contribution in [-0.4, -0.2) is 44.4 Å². The predicted octanol–water partition coefficient (Wildman–Crippen LogP) is 2.27. The number of ether oxygens (including phenoxy) is 1.